The maximum absolute atomic E-state index is 13.4. The number of benzene rings is 1. The van der Waals surface area contributed by atoms with Gasteiger partial charge in [0.25, 0.3) is 0 Å². The predicted octanol–water partition coefficient (Wildman–Crippen LogP) is 4.66. The summed E-state index contributed by atoms with van der Waals surface area (Å²) < 4.78 is 13.3. The first-order valence-electron chi connectivity index (χ1n) is 13.7. The van der Waals surface area contributed by atoms with Crippen LogP contribution in [0.5, 0.6) is 0 Å². The topological polar surface area (TPSA) is 136 Å². The Morgan fingerprint density at radius 1 is 1.12 bits per heavy atom. The molecule has 3 rings (SSSR count). The van der Waals surface area contributed by atoms with E-state index in [0.29, 0.717) is 24.7 Å². The number of hydrogen-bond donors (Lipinski definition) is 3. The molecule has 0 bridgehead atoms. The Labute approximate surface area is 244 Å². The van der Waals surface area contributed by atoms with Crippen molar-refractivity contribution in [2.24, 2.45) is 5.92 Å². The summed E-state index contributed by atoms with van der Waals surface area (Å²) in [6, 6.07) is 7.51. The molecule has 12 heteroatoms. The minimum atomic E-state index is -1.25. The van der Waals surface area contributed by atoms with E-state index >= 15 is 0 Å². The van der Waals surface area contributed by atoms with Crippen LogP contribution in [0.1, 0.15) is 77.7 Å². The first kappa shape index (κ1) is 31.4. The van der Waals surface area contributed by atoms with E-state index in [9.17, 15) is 14.4 Å². The van der Waals surface area contributed by atoms with Gasteiger partial charge in [-0.05, 0) is 84.3 Å². The molecule has 1 aliphatic carbocycles. The number of carbonyl (C=O) groups excluding carboxylic acids is 3. The van der Waals surface area contributed by atoms with Gasteiger partial charge >= 0.3 is 12.2 Å². The van der Waals surface area contributed by atoms with Crippen molar-refractivity contribution < 1.29 is 23.9 Å². The highest BCUT2D eigenvalue weighted by Crippen LogP contribution is 2.27. The van der Waals surface area contributed by atoms with E-state index in [2.05, 4.69) is 48.0 Å². The molecular weight excluding hydrogens is 580 g/mol. The third-order valence-electron chi connectivity index (χ3n) is 6.31. The number of alkyl carbamates (subject to hydrolysis) is 2. The minimum absolute atomic E-state index is 0.107. The first-order chi connectivity index (χ1) is 18.8. The van der Waals surface area contributed by atoms with Crippen molar-refractivity contribution in [2.45, 2.75) is 90.4 Å². The molecule has 11 nitrogen and oxygen atoms in total. The second kappa shape index (κ2) is 14.0. The fourth-order valence-electron chi connectivity index (χ4n) is 3.96. The second-order valence-corrected chi connectivity index (χ2v) is 12.4. The van der Waals surface area contributed by atoms with Crippen molar-refractivity contribution in [3.8, 4) is 0 Å². The zero-order valence-electron chi connectivity index (χ0n) is 24.0. The number of ether oxygens (including phenoxy) is 2. The van der Waals surface area contributed by atoms with E-state index in [1.165, 1.54) is 6.33 Å². The molecule has 1 aliphatic rings. The van der Waals surface area contributed by atoms with Crippen molar-refractivity contribution in [1.29, 1.82) is 0 Å². The van der Waals surface area contributed by atoms with Crippen LogP contribution in [0.15, 0.2) is 35.1 Å². The lowest BCUT2D eigenvalue weighted by Gasteiger charge is -2.29. The zero-order valence-corrected chi connectivity index (χ0v) is 25.5. The second-order valence-electron chi connectivity index (χ2n) is 11.6. The van der Waals surface area contributed by atoms with Crippen LogP contribution >= 0.6 is 15.9 Å². The van der Waals surface area contributed by atoms with E-state index < -0.39 is 35.3 Å². The highest BCUT2D eigenvalue weighted by Gasteiger charge is 2.34. The standard InChI is InChI=1S/C28H41BrN6O5/c1-27(2,3)40-26(38)34-28(4,5)24(36)33-22(12-8-10-20-9-6-7-11-21(20)29)23-31-18-32-35(23)15-16-39-25(37)30-17-19-13-14-19/h6-7,9,11,18-19,22H,8,10,12-17H2,1-5H3,(H,30,37)(H,33,36)(H,34,38). The van der Waals surface area contributed by atoms with Gasteiger partial charge in [-0.2, -0.15) is 5.10 Å². The number of aromatic nitrogens is 3. The SMILES string of the molecule is CC(C)(C)OC(=O)NC(C)(C)C(=O)NC(CCCc1ccccc1Br)c1ncnn1CCOC(=O)NCC1CC1. The fourth-order valence-corrected chi connectivity index (χ4v) is 4.44. The number of nitrogens with one attached hydrogen (secondary N) is 3. The third kappa shape index (κ3) is 10.4. The Bertz CT molecular complexity index is 1160. The van der Waals surface area contributed by atoms with Crippen LogP contribution in [0.2, 0.25) is 0 Å². The lowest BCUT2D eigenvalue weighted by Crippen LogP contribution is -2.56. The van der Waals surface area contributed by atoms with E-state index in [1.54, 1.807) is 39.3 Å². The number of carbonyl (C=O) groups is 3. The summed E-state index contributed by atoms with van der Waals surface area (Å²) in [7, 11) is 0. The Hall–Kier alpha value is -3.15. The van der Waals surface area contributed by atoms with Crippen molar-refractivity contribution in [3.05, 3.63) is 46.5 Å². The number of hydrogen-bond acceptors (Lipinski definition) is 7. The molecule has 3 amide bonds. The maximum atomic E-state index is 13.4. The van der Waals surface area contributed by atoms with Gasteiger partial charge in [0, 0.05) is 11.0 Å². The zero-order chi connectivity index (χ0) is 29.3. The quantitative estimate of drug-likeness (QED) is 0.296. The van der Waals surface area contributed by atoms with E-state index in [0.717, 1.165) is 35.7 Å². The molecule has 1 aromatic carbocycles. The predicted molar refractivity (Wildman–Crippen MR) is 154 cm³/mol. The molecule has 3 N–H and O–H groups in total. The highest BCUT2D eigenvalue weighted by molar-refractivity contribution is 9.10. The number of rotatable bonds is 13. The smallest absolute Gasteiger partial charge is 0.408 e. The summed E-state index contributed by atoms with van der Waals surface area (Å²) in [5, 5.41) is 12.8. The summed E-state index contributed by atoms with van der Waals surface area (Å²) in [4.78, 5) is 42.2. The first-order valence-corrected chi connectivity index (χ1v) is 14.5. The van der Waals surface area contributed by atoms with E-state index in [1.807, 2.05) is 18.2 Å². The Morgan fingerprint density at radius 3 is 2.52 bits per heavy atom. The summed E-state index contributed by atoms with van der Waals surface area (Å²) in [6.07, 6.45) is 4.66. The Balaban J connectivity index is 1.67. The van der Waals surface area contributed by atoms with Gasteiger partial charge in [0.2, 0.25) is 5.91 Å². The van der Waals surface area contributed by atoms with Gasteiger partial charge in [-0.3, -0.25) is 4.79 Å². The highest BCUT2D eigenvalue weighted by atomic mass is 79.9. The molecule has 2 aromatic rings. The summed E-state index contributed by atoms with van der Waals surface area (Å²) in [6.45, 7) is 9.52. The molecule has 40 heavy (non-hydrogen) atoms. The molecule has 0 saturated heterocycles. The molecular formula is C28H41BrN6O5. The van der Waals surface area contributed by atoms with Gasteiger partial charge in [-0.1, -0.05) is 34.1 Å². The van der Waals surface area contributed by atoms with Gasteiger partial charge in [-0.25, -0.2) is 19.3 Å². The average Bonchev–Trinajstić information content (AvgIpc) is 3.57. The molecule has 1 saturated carbocycles. The van der Waals surface area contributed by atoms with Crippen LogP contribution in [0, 0.1) is 5.92 Å². The molecule has 0 radical (unpaired) electrons. The number of amides is 3. The molecule has 1 fully saturated rings. The van der Waals surface area contributed by atoms with Gasteiger partial charge in [0.15, 0.2) is 0 Å². The number of aryl methyl sites for hydroxylation is 1. The molecule has 1 atom stereocenters. The summed E-state index contributed by atoms with van der Waals surface area (Å²) in [5.74, 6) is 0.703. The van der Waals surface area contributed by atoms with Crippen LogP contribution in [0.3, 0.4) is 0 Å². The molecule has 1 unspecified atom stereocenters. The molecule has 1 heterocycles. The largest absolute Gasteiger partial charge is 0.448 e. The van der Waals surface area contributed by atoms with Crippen molar-refractivity contribution in [2.75, 3.05) is 13.2 Å². The van der Waals surface area contributed by atoms with Gasteiger partial charge < -0.3 is 25.4 Å². The fraction of sp³-hybridized carbons (Fsp3) is 0.607. The van der Waals surface area contributed by atoms with Crippen molar-refractivity contribution >= 4 is 34.0 Å². The molecule has 1 aromatic heterocycles. The Morgan fingerprint density at radius 2 is 1.85 bits per heavy atom. The van der Waals surface area contributed by atoms with Crippen LogP contribution in [-0.2, 0) is 27.2 Å². The lowest BCUT2D eigenvalue weighted by molar-refractivity contribution is -0.127. The minimum Gasteiger partial charge on any atom is -0.448 e. The van der Waals surface area contributed by atoms with Crippen LogP contribution in [0.25, 0.3) is 0 Å². The summed E-state index contributed by atoms with van der Waals surface area (Å²) in [5.41, 5.74) is -0.791. The van der Waals surface area contributed by atoms with Crippen molar-refractivity contribution in [3.63, 3.8) is 0 Å². The monoisotopic (exact) mass is 620 g/mol. The average molecular weight is 622 g/mol. The van der Waals surface area contributed by atoms with Crippen LogP contribution < -0.4 is 16.0 Å². The lowest BCUT2D eigenvalue weighted by atomic mass is 10.0. The molecule has 220 valence electrons. The molecule has 0 spiro atoms. The third-order valence-corrected chi connectivity index (χ3v) is 7.08. The van der Waals surface area contributed by atoms with E-state index in [4.69, 9.17) is 9.47 Å². The van der Waals surface area contributed by atoms with Gasteiger partial charge in [-0.15, -0.1) is 0 Å². The van der Waals surface area contributed by atoms with Gasteiger partial charge in [0.05, 0.1) is 12.6 Å². The van der Waals surface area contributed by atoms with Gasteiger partial charge in [0.1, 0.15) is 29.9 Å². The number of nitrogens with zero attached hydrogens (tertiary/aromatic N) is 3. The normalized spacial score (nSPS) is 14.2. The molecule has 0 aliphatic heterocycles. The van der Waals surface area contributed by atoms with E-state index in [-0.39, 0.29) is 13.2 Å². The van der Waals surface area contributed by atoms with Crippen molar-refractivity contribution in [1.82, 2.24) is 30.7 Å². The maximum Gasteiger partial charge on any atom is 0.408 e. The van der Waals surface area contributed by atoms with Crippen LogP contribution in [-0.4, -0.2) is 57.1 Å². The summed E-state index contributed by atoms with van der Waals surface area (Å²) >= 11 is 3.59. The number of halogens is 1. The van der Waals surface area contributed by atoms with Crippen LogP contribution in [0.4, 0.5) is 9.59 Å². The Kier molecular flexibility index (Phi) is 11.0.